The number of methoxy groups -OCH3 is 1. The van der Waals surface area contributed by atoms with E-state index >= 15 is 0 Å². The van der Waals surface area contributed by atoms with Gasteiger partial charge in [0.1, 0.15) is 5.69 Å². The van der Waals surface area contributed by atoms with Crippen molar-refractivity contribution < 1.29 is 27.5 Å². The molecular weight excluding hydrogens is 485 g/mol. The Morgan fingerprint density at radius 1 is 1.11 bits per heavy atom. The van der Waals surface area contributed by atoms with Gasteiger partial charge >= 0.3 is 12.1 Å². The second-order valence-corrected chi connectivity index (χ2v) is 8.73. The van der Waals surface area contributed by atoms with Crippen LogP contribution in [0.25, 0.3) is 10.9 Å². The average molecular weight is 509 g/mol. The molecule has 1 aromatic heterocycles. The molecule has 0 spiro atoms. The highest BCUT2D eigenvalue weighted by molar-refractivity contribution is 6.31. The molecule has 0 bridgehead atoms. The van der Waals surface area contributed by atoms with E-state index in [2.05, 4.69) is 10.3 Å². The molecule has 1 aliphatic heterocycles. The third kappa shape index (κ3) is 5.23. The second kappa shape index (κ2) is 9.79. The number of carbonyl (C=O) groups is 2. The first-order valence-corrected chi connectivity index (χ1v) is 11.3. The summed E-state index contributed by atoms with van der Waals surface area (Å²) in [5, 5.41) is 3.85. The van der Waals surface area contributed by atoms with Crippen LogP contribution >= 0.6 is 11.6 Å². The zero-order chi connectivity index (χ0) is 25.3. The number of carbonyl (C=O) groups excluding carboxylic acids is 2. The number of nitrogens with zero attached hydrogens (tertiary/aromatic N) is 2. The average Bonchev–Trinajstić information content (AvgIpc) is 3.20. The molecule has 3 aromatic rings. The van der Waals surface area contributed by atoms with E-state index in [1.807, 2.05) is 9.80 Å². The lowest BCUT2D eigenvalue weighted by molar-refractivity contribution is -0.137. The number of piperazine rings is 1. The van der Waals surface area contributed by atoms with Gasteiger partial charge in [-0.1, -0.05) is 17.7 Å². The number of hydrogen-bond acceptors (Lipinski definition) is 5. The van der Waals surface area contributed by atoms with Crippen molar-refractivity contribution in [2.45, 2.75) is 19.1 Å². The Kier molecular flexibility index (Phi) is 6.95. The van der Waals surface area contributed by atoms with Crippen molar-refractivity contribution in [3.05, 3.63) is 58.7 Å². The van der Waals surface area contributed by atoms with Gasteiger partial charge in [0.05, 0.1) is 24.4 Å². The fourth-order valence-corrected chi connectivity index (χ4v) is 4.36. The monoisotopic (exact) mass is 508 g/mol. The molecule has 1 aliphatic rings. The summed E-state index contributed by atoms with van der Waals surface area (Å²) in [7, 11) is 1.25. The van der Waals surface area contributed by atoms with Gasteiger partial charge in [-0.05, 0) is 43.3 Å². The van der Waals surface area contributed by atoms with Crippen LogP contribution in [0, 0.1) is 0 Å². The summed E-state index contributed by atoms with van der Waals surface area (Å²) in [4.78, 5) is 32.2. The van der Waals surface area contributed by atoms with Crippen LogP contribution in [0.2, 0.25) is 5.02 Å². The number of esters is 1. The van der Waals surface area contributed by atoms with Crippen LogP contribution in [-0.4, -0.2) is 61.1 Å². The standard InChI is InChI=1S/C24H24ClF3N4O3/c1-14(31-8-10-32(11-9-31)17-5-3-4-15(12-17)24(26,27)28)22(33)30-20-18-13-16(25)6-7-19(18)29-21(20)23(34)35-2/h3-7,12-14,29H,8-11H2,1-2H3,(H,30,33)/t14-/m0/s1. The van der Waals surface area contributed by atoms with Gasteiger partial charge < -0.3 is 19.9 Å². The smallest absolute Gasteiger partial charge is 0.416 e. The number of anilines is 2. The van der Waals surface area contributed by atoms with Gasteiger partial charge in [0, 0.05) is 47.8 Å². The Labute approximate surface area is 204 Å². The SMILES string of the molecule is COC(=O)c1[nH]c2ccc(Cl)cc2c1NC(=O)[C@H](C)N1CCN(c2cccc(C(F)(F)F)c2)CC1. The minimum absolute atomic E-state index is 0.111. The van der Waals surface area contributed by atoms with Crippen LogP contribution < -0.4 is 10.2 Å². The number of ether oxygens (including phenoxy) is 1. The number of amides is 1. The van der Waals surface area contributed by atoms with E-state index in [1.165, 1.54) is 13.2 Å². The maximum absolute atomic E-state index is 13.1. The number of benzene rings is 2. The van der Waals surface area contributed by atoms with Crippen LogP contribution in [0.5, 0.6) is 0 Å². The van der Waals surface area contributed by atoms with Crippen LogP contribution in [0.3, 0.4) is 0 Å². The molecule has 1 saturated heterocycles. The topological polar surface area (TPSA) is 77.7 Å². The molecule has 186 valence electrons. The van der Waals surface area contributed by atoms with E-state index < -0.39 is 23.8 Å². The maximum Gasteiger partial charge on any atom is 0.416 e. The number of hydrogen-bond donors (Lipinski definition) is 2. The Bertz CT molecular complexity index is 1250. The number of alkyl halides is 3. The van der Waals surface area contributed by atoms with E-state index in [1.54, 1.807) is 31.2 Å². The Balaban J connectivity index is 1.46. The number of halogens is 4. The summed E-state index contributed by atoms with van der Waals surface area (Å²) in [6.45, 7) is 3.64. The van der Waals surface area contributed by atoms with Gasteiger partial charge in [0.2, 0.25) is 5.91 Å². The summed E-state index contributed by atoms with van der Waals surface area (Å²) in [6, 6.07) is 9.71. The molecule has 0 saturated carbocycles. The summed E-state index contributed by atoms with van der Waals surface area (Å²) in [6.07, 6.45) is -4.40. The minimum Gasteiger partial charge on any atom is -0.464 e. The Hall–Kier alpha value is -3.24. The summed E-state index contributed by atoms with van der Waals surface area (Å²) < 4.78 is 44.0. The molecule has 0 aliphatic carbocycles. The third-order valence-corrected chi connectivity index (χ3v) is 6.41. The van der Waals surface area contributed by atoms with Crippen molar-refractivity contribution in [3.8, 4) is 0 Å². The lowest BCUT2D eigenvalue weighted by Gasteiger charge is -2.38. The van der Waals surface area contributed by atoms with Gasteiger partial charge in [-0.25, -0.2) is 4.79 Å². The van der Waals surface area contributed by atoms with Crippen molar-refractivity contribution in [2.75, 3.05) is 43.5 Å². The lowest BCUT2D eigenvalue weighted by atomic mass is 10.1. The molecule has 11 heteroatoms. The molecular formula is C24H24ClF3N4O3. The number of nitrogens with one attached hydrogen (secondary N) is 2. The van der Waals surface area contributed by atoms with Crippen LogP contribution in [0.15, 0.2) is 42.5 Å². The molecule has 4 rings (SSSR count). The first-order valence-electron chi connectivity index (χ1n) is 10.9. The normalized spacial score (nSPS) is 15.8. The maximum atomic E-state index is 13.1. The molecule has 1 fully saturated rings. The molecule has 1 atom stereocenters. The zero-order valence-electron chi connectivity index (χ0n) is 19.1. The molecule has 7 nitrogen and oxygen atoms in total. The van der Waals surface area contributed by atoms with E-state index in [9.17, 15) is 22.8 Å². The van der Waals surface area contributed by atoms with Gasteiger partial charge in [-0.2, -0.15) is 13.2 Å². The molecule has 0 radical (unpaired) electrons. The van der Waals surface area contributed by atoms with Crippen molar-refractivity contribution in [1.82, 2.24) is 9.88 Å². The molecule has 2 aromatic carbocycles. The summed E-state index contributed by atoms with van der Waals surface area (Å²) in [5.74, 6) is -0.960. The van der Waals surface area contributed by atoms with Gasteiger partial charge in [0.25, 0.3) is 0 Å². The zero-order valence-corrected chi connectivity index (χ0v) is 19.8. The van der Waals surface area contributed by atoms with Gasteiger partial charge in [-0.3, -0.25) is 9.69 Å². The van der Waals surface area contributed by atoms with Crippen molar-refractivity contribution >= 4 is 45.8 Å². The fourth-order valence-electron chi connectivity index (χ4n) is 4.19. The van der Waals surface area contributed by atoms with E-state index in [0.29, 0.717) is 47.8 Å². The van der Waals surface area contributed by atoms with Gasteiger partial charge in [-0.15, -0.1) is 0 Å². The second-order valence-electron chi connectivity index (χ2n) is 8.29. The minimum atomic E-state index is -4.40. The molecule has 35 heavy (non-hydrogen) atoms. The first-order chi connectivity index (χ1) is 16.6. The number of aromatic nitrogens is 1. The predicted octanol–water partition coefficient (Wildman–Crippen LogP) is 4.78. The van der Waals surface area contributed by atoms with Gasteiger partial charge in [0.15, 0.2) is 0 Å². The van der Waals surface area contributed by atoms with E-state index in [-0.39, 0.29) is 17.3 Å². The largest absolute Gasteiger partial charge is 0.464 e. The van der Waals surface area contributed by atoms with Crippen LogP contribution in [0.4, 0.5) is 24.5 Å². The molecule has 1 amide bonds. The fraction of sp³-hybridized carbons (Fsp3) is 0.333. The van der Waals surface area contributed by atoms with Crippen molar-refractivity contribution in [3.63, 3.8) is 0 Å². The molecule has 0 unspecified atom stereocenters. The Morgan fingerprint density at radius 3 is 2.49 bits per heavy atom. The number of H-pyrrole nitrogens is 1. The third-order valence-electron chi connectivity index (χ3n) is 6.18. The predicted molar refractivity (Wildman–Crippen MR) is 128 cm³/mol. The molecule has 2 N–H and O–H groups in total. The number of aromatic amines is 1. The highest BCUT2D eigenvalue weighted by Crippen LogP contribution is 2.33. The molecule has 2 heterocycles. The Morgan fingerprint density at radius 2 is 1.83 bits per heavy atom. The lowest BCUT2D eigenvalue weighted by Crippen LogP contribution is -2.52. The van der Waals surface area contributed by atoms with Crippen molar-refractivity contribution in [2.24, 2.45) is 0 Å². The van der Waals surface area contributed by atoms with Crippen molar-refractivity contribution in [1.29, 1.82) is 0 Å². The summed E-state index contributed by atoms with van der Waals surface area (Å²) >= 11 is 6.12. The highest BCUT2D eigenvalue weighted by atomic mass is 35.5. The van der Waals surface area contributed by atoms with Crippen LogP contribution in [0.1, 0.15) is 23.0 Å². The quantitative estimate of drug-likeness (QED) is 0.485. The first kappa shape index (κ1) is 24.9. The summed E-state index contributed by atoms with van der Waals surface area (Å²) in [5.41, 5.74) is 0.821. The van der Waals surface area contributed by atoms with E-state index in [4.69, 9.17) is 16.3 Å². The number of rotatable bonds is 5. The van der Waals surface area contributed by atoms with E-state index in [0.717, 1.165) is 12.1 Å². The van der Waals surface area contributed by atoms with Crippen LogP contribution in [-0.2, 0) is 15.7 Å². The highest BCUT2D eigenvalue weighted by Gasteiger charge is 2.32. The number of fused-ring (bicyclic) bond motifs is 1.